The van der Waals surface area contributed by atoms with Crippen LogP contribution in [-0.4, -0.2) is 116 Å². The number of carbonyl (C=O) groups is 5. The SMILES string of the molecule is C=CC(=O)N(C)c1cc(OC)cc(-c2cnc3[nH]cc(-c4cccc(C)c4)c3c2)c1.C=CC(=O)Nc1cc(-c2cnc3[nH]cc(-c4ccc(OC)nc4)c3c2)cc(C(F)(F)F)c1.C=CC(=O)Nc1cc(-c2cnc3[nH]cc(-c4cccc(C)c4)c3c2)cc(C(F)(F)F)c1.C=CC(=O)Nc1cc(-c2cnc3[nH]cc(-c4cccnc4)c3c2)cc(C(F)(F)F)c1.C=CC(=O)Nc1cncc(-c2cnc3[nH]cc(-c4cccc(C)c4)c3c2)c1. The monoisotopic (exact) mass is 2020 g/mol. The van der Waals surface area contributed by atoms with Gasteiger partial charge in [-0.15, -0.1) is 0 Å². The number of anilines is 5. The van der Waals surface area contributed by atoms with Crippen LogP contribution in [0.25, 0.3) is 166 Å². The molecule has 0 unspecified atom stereocenters. The van der Waals surface area contributed by atoms with Crippen molar-refractivity contribution in [3.8, 4) is 123 Å². The van der Waals surface area contributed by atoms with Gasteiger partial charge >= 0.3 is 18.5 Å². The minimum absolute atomic E-state index is 0.00784. The van der Waals surface area contributed by atoms with Gasteiger partial charge in [0.25, 0.3) is 0 Å². The van der Waals surface area contributed by atoms with E-state index in [4.69, 9.17) is 9.47 Å². The fourth-order valence-corrected chi connectivity index (χ4v) is 16.5. The summed E-state index contributed by atoms with van der Waals surface area (Å²) in [4.78, 5) is 110. The van der Waals surface area contributed by atoms with Crippen molar-refractivity contribution in [1.82, 2.24) is 64.8 Å². The van der Waals surface area contributed by atoms with Gasteiger partial charge < -0.3 is 60.6 Å². The number of fused-ring (bicyclic) bond motifs is 5. The van der Waals surface area contributed by atoms with Crippen molar-refractivity contribution >= 4 is 113 Å². The molecule has 0 saturated heterocycles. The molecule has 25 nitrogen and oxygen atoms in total. The second-order valence-electron chi connectivity index (χ2n) is 34.2. The predicted octanol–water partition coefficient (Wildman–Crippen LogP) is 27.3. The minimum Gasteiger partial charge on any atom is -0.497 e. The van der Waals surface area contributed by atoms with E-state index in [9.17, 15) is 63.5 Å². The van der Waals surface area contributed by atoms with Gasteiger partial charge in [-0.3, -0.25) is 33.9 Å². The van der Waals surface area contributed by atoms with Crippen molar-refractivity contribution in [2.24, 2.45) is 0 Å². The summed E-state index contributed by atoms with van der Waals surface area (Å²) in [5.41, 5.74) is 21.3. The number of amides is 5. The average Bonchev–Trinajstić information content (AvgIpc) is 1.60. The maximum absolute atomic E-state index is 13.5. The lowest BCUT2D eigenvalue weighted by Gasteiger charge is -2.18. The lowest BCUT2D eigenvalue weighted by molar-refractivity contribution is -0.138. The summed E-state index contributed by atoms with van der Waals surface area (Å²) in [7, 11) is 4.85. The van der Waals surface area contributed by atoms with Crippen LogP contribution in [0, 0.1) is 20.8 Å². The number of aryl methyl sites for hydroxylation is 3. The molecule has 9 N–H and O–H groups in total. The number of pyridine rings is 8. The van der Waals surface area contributed by atoms with E-state index in [1.54, 1.807) is 99.0 Å². The molecule has 0 bridgehead atoms. The smallest absolute Gasteiger partial charge is 0.416 e. The summed E-state index contributed by atoms with van der Waals surface area (Å²) >= 11 is 0. The highest BCUT2D eigenvalue weighted by molar-refractivity contribution is 6.06. The van der Waals surface area contributed by atoms with Crippen LogP contribution < -0.4 is 35.6 Å². The summed E-state index contributed by atoms with van der Waals surface area (Å²) in [6.07, 6.45) is 17.6. The topological polar surface area (TPSA) is 337 Å². The number of carbonyl (C=O) groups excluding carboxylic acids is 5. The Balaban J connectivity index is 0.000000134. The number of benzene rings is 7. The van der Waals surface area contributed by atoms with E-state index < -0.39 is 52.9 Å². The zero-order chi connectivity index (χ0) is 106. The fourth-order valence-electron chi connectivity index (χ4n) is 16.5. The van der Waals surface area contributed by atoms with E-state index in [0.717, 1.165) is 177 Å². The van der Waals surface area contributed by atoms with Crippen molar-refractivity contribution in [3.05, 3.63) is 396 Å². The number of rotatable bonds is 22. The fraction of sp³-hybridized carbons (Fsp3) is 0.0776. The van der Waals surface area contributed by atoms with Gasteiger partial charge in [-0.2, -0.15) is 39.5 Å². The molecule has 0 aliphatic heterocycles. The van der Waals surface area contributed by atoms with Crippen molar-refractivity contribution in [2.45, 2.75) is 39.3 Å². The molecule has 0 atom stereocenters. The molecule has 5 amide bonds. The van der Waals surface area contributed by atoms with Gasteiger partial charge in [0.2, 0.25) is 35.4 Å². The molecule has 150 heavy (non-hydrogen) atoms. The Kier molecular flexibility index (Phi) is 30.8. The number of aromatic nitrogens is 13. The van der Waals surface area contributed by atoms with Crippen LogP contribution in [-0.2, 0) is 42.5 Å². The van der Waals surface area contributed by atoms with E-state index in [-0.39, 0.29) is 40.0 Å². The highest BCUT2D eigenvalue weighted by Crippen LogP contribution is 2.44. The quantitative estimate of drug-likeness (QED) is 0.0225. The molecule has 0 radical (unpaired) electrons. The third-order valence-electron chi connectivity index (χ3n) is 23.9. The Hall–Kier alpha value is -19.5. The highest BCUT2D eigenvalue weighted by atomic mass is 19.4. The molecule has 7 aromatic carbocycles. The van der Waals surface area contributed by atoms with Crippen LogP contribution >= 0.6 is 0 Å². The molecule has 0 aliphatic carbocycles. The van der Waals surface area contributed by atoms with E-state index >= 15 is 0 Å². The Labute approximate surface area is 851 Å². The van der Waals surface area contributed by atoms with Crippen molar-refractivity contribution in [3.63, 3.8) is 0 Å². The van der Waals surface area contributed by atoms with Crippen molar-refractivity contribution in [1.29, 1.82) is 0 Å². The van der Waals surface area contributed by atoms with Crippen molar-refractivity contribution < 1.29 is 73.0 Å². The number of hydrogen-bond acceptors (Lipinski definition) is 15. The lowest BCUT2D eigenvalue weighted by Crippen LogP contribution is -2.23. The molecular formula is C116H91F9N18O7. The van der Waals surface area contributed by atoms with Gasteiger partial charge in [0, 0.05) is 228 Å². The number of ether oxygens (including phenoxy) is 2. The molecule has 750 valence electrons. The van der Waals surface area contributed by atoms with E-state index in [0.29, 0.717) is 61.9 Å². The number of likely N-dealkylation sites (N-methyl/N-ethyl adjacent to an activating group) is 1. The Morgan fingerprint density at radius 3 is 0.933 bits per heavy atom. The first-order valence-electron chi connectivity index (χ1n) is 46.0. The number of nitrogens with zero attached hydrogens (tertiary/aromatic N) is 9. The van der Waals surface area contributed by atoms with Crippen molar-refractivity contribution in [2.75, 3.05) is 47.4 Å². The zero-order valence-corrected chi connectivity index (χ0v) is 81.0. The first-order chi connectivity index (χ1) is 72.0. The van der Waals surface area contributed by atoms with Crippen LogP contribution in [0.1, 0.15) is 33.4 Å². The predicted molar refractivity (Wildman–Crippen MR) is 569 cm³/mol. The standard InChI is InChI=1S/C25H23N3O2.C24H18F3N3O.C23H17F3N4O2.C22H15F3N4O.C22H18N4O/c1-5-24(29)28(3)20-10-18(11-21(13-20)30-4)19-12-22-23(15-27-25(22)26-14-19)17-8-6-7-16(2)9-17;1-3-22(31)30-19-9-16(8-18(11-19)24(25,26)27)17-10-20-21(13-29-23(20)28-12-17)15-6-4-5-14(2)7-15;1-3-20(31)30-17-7-14(6-16(9-17)23(24,25)26)15-8-18-19(12-29-22(18)28-11-15)13-4-5-21(32-2)27-10-13;1-2-20(30)29-17-7-14(6-16(9-17)22(23,24)25)15-8-18-19(12-28-21(18)27-11-15)13-4-3-5-26-10-13;1-3-21(27)26-18-8-16(10-23-12-18)17-9-19-20(13-25-22(19)24-11-17)15-6-4-5-14(2)7-15/h5-15H,1H2,2-4H3,(H,26,27);3-13H,1H2,2H3,(H,28,29)(H,30,31);3-12H,1H2,2H3,(H,28,29)(H,30,31);2-12H,1H2,(H,27,28)(H,29,30);3-13H,1H2,2H3,(H,24,25)(H,26,27). The third kappa shape index (κ3) is 24.4. The van der Waals surface area contributed by atoms with Crippen LogP contribution in [0.2, 0.25) is 0 Å². The second kappa shape index (κ2) is 44.8. The largest absolute Gasteiger partial charge is 0.497 e. The first-order valence-corrected chi connectivity index (χ1v) is 46.0. The highest BCUT2D eigenvalue weighted by Gasteiger charge is 2.35. The Morgan fingerprint density at radius 1 is 0.307 bits per heavy atom. The number of halogens is 9. The molecular weight excluding hydrogens is 1930 g/mol. The summed E-state index contributed by atoms with van der Waals surface area (Å²) in [6.45, 7) is 23.2. The molecule has 13 heterocycles. The minimum atomic E-state index is -4.59. The summed E-state index contributed by atoms with van der Waals surface area (Å²) in [6, 6.07) is 59.2. The summed E-state index contributed by atoms with van der Waals surface area (Å²) < 4.78 is 132. The lowest BCUT2D eigenvalue weighted by atomic mass is 9.99. The Morgan fingerprint density at radius 2 is 0.620 bits per heavy atom. The number of aromatic amines is 5. The van der Waals surface area contributed by atoms with E-state index in [2.05, 4.69) is 193 Å². The van der Waals surface area contributed by atoms with Gasteiger partial charge in [-0.25, -0.2) is 29.9 Å². The molecule has 20 aromatic rings. The number of nitrogens with one attached hydrogen (secondary N) is 9. The molecule has 20 rings (SSSR count). The maximum atomic E-state index is 13.5. The summed E-state index contributed by atoms with van der Waals surface area (Å²) in [5.74, 6) is -1.12. The molecule has 0 aliphatic rings. The van der Waals surface area contributed by atoms with Gasteiger partial charge in [0.05, 0.1) is 42.8 Å². The summed E-state index contributed by atoms with van der Waals surface area (Å²) in [5, 5.41) is 14.2. The van der Waals surface area contributed by atoms with Gasteiger partial charge in [-0.1, -0.05) is 128 Å². The number of methoxy groups -OCH3 is 2. The molecule has 0 spiro atoms. The second-order valence-corrected chi connectivity index (χ2v) is 34.2. The number of H-pyrrole nitrogens is 5. The van der Waals surface area contributed by atoms with Crippen LogP contribution in [0.15, 0.2) is 362 Å². The van der Waals surface area contributed by atoms with Gasteiger partial charge in [-0.05, 0) is 205 Å². The Bertz CT molecular complexity index is 8580. The van der Waals surface area contributed by atoms with Gasteiger partial charge in [0.1, 0.15) is 34.0 Å². The number of alkyl halides is 9. The zero-order valence-electron chi connectivity index (χ0n) is 81.0. The molecule has 34 heteroatoms. The van der Waals surface area contributed by atoms with Gasteiger partial charge in [0.15, 0.2) is 0 Å². The molecule has 13 aromatic heterocycles. The average molecular weight is 2020 g/mol. The first kappa shape index (κ1) is 103. The molecule has 0 fully saturated rings. The third-order valence-corrected chi connectivity index (χ3v) is 23.9. The van der Waals surface area contributed by atoms with E-state index in [1.165, 1.54) is 67.2 Å². The molecule has 0 saturated carbocycles. The maximum Gasteiger partial charge on any atom is 0.416 e. The van der Waals surface area contributed by atoms with Crippen LogP contribution in [0.4, 0.5) is 68.0 Å². The number of hydrogen-bond donors (Lipinski definition) is 9. The van der Waals surface area contributed by atoms with Crippen LogP contribution in [0.3, 0.4) is 0 Å². The van der Waals surface area contributed by atoms with E-state index in [1.807, 2.05) is 92.4 Å². The van der Waals surface area contributed by atoms with Crippen LogP contribution in [0.5, 0.6) is 11.6 Å². The normalized spacial score (nSPS) is 11.2.